The van der Waals surface area contributed by atoms with Gasteiger partial charge in [0.25, 0.3) is 5.91 Å². The molecule has 2 aromatic rings. The van der Waals surface area contributed by atoms with E-state index in [2.05, 4.69) is 6.92 Å². The molecule has 0 atom stereocenters. The van der Waals surface area contributed by atoms with E-state index in [0.717, 1.165) is 18.5 Å². The maximum Gasteiger partial charge on any atom is 0.262 e. The van der Waals surface area contributed by atoms with E-state index >= 15 is 0 Å². The molecule has 2 rings (SSSR count). The van der Waals surface area contributed by atoms with Crippen LogP contribution in [0, 0.1) is 5.82 Å². The van der Waals surface area contributed by atoms with Crippen LogP contribution in [0.2, 0.25) is 0 Å². The highest BCUT2D eigenvalue weighted by Gasteiger charge is 2.21. The first-order chi connectivity index (χ1) is 10.7. The number of benzene rings is 2. The van der Waals surface area contributed by atoms with Crippen molar-refractivity contribution in [2.24, 2.45) is 0 Å². The minimum absolute atomic E-state index is 0.238. The summed E-state index contributed by atoms with van der Waals surface area (Å²) in [6.07, 6.45) is 1.84. The summed E-state index contributed by atoms with van der Waals surface area (Å²) >= 11 is 0. The molecule has 0 saturated carbocycles. The zero-order valence-electron chi connectivity index (χ0n) is 12.9. The summed E-state index contributed by atoms with van der Waals surface area (Å²) in [5, 5.41) is 0. The first-order valence-electron chi connectivity index (χ1n) is 7.37. The van der Waals surface area contributed by atoms with Crippen LogP contribution >= 0.6 is 0 Å². The molecule has 3 nitrogen and oxygen atoms in total. The van der Waals surface area contributed by atoms with E-state index < -0.39 is 5.82 Å². The number of methoxy groups -OCH3 is 1. The Morgan fingerprint density at radius 3 is 2.55 bits per heavy atom. The van der Waals surface area contributed by atoms with Crippen molar-refractivity contribution < 1.29 is 13.9 Å². The van der Waals surface area contributed by atoms with Crippen LogP contribution in [-0.4, -0.2) is 19.6 Å². The molecule has 0 aromatic heterocycles. The normalized spacial score (nSPS) is 10.3. The Kier molecular flexibility index (Phi) is 5.53. The minimum atomic E-state index is -0.451. The number of nitrogens with zero attached hydrogens (tertiary/aromatic N) is 1. The summed E-state index contributed by atoms with van der Waals surface area (Å²) in [4.78, 5) is 14.5. The monoisotopic (exact) mass is 301 g/mol. The minimum Gasteiger partial charge on any atom is -0.496 e. The predicted molar refractivity (Wildman–Crippen MR) is 86.0 cm³/mol. The van der Waals surface area contributed by atoms with Crippen LogP contribution < -0.4 is 9.64 Å². The molecule has 0 heterocycles. The van der Waals surface area contributed by atoms with Crippen molar-refractivity contribution in [3.05, 3.63) is 59.9 Å². The quantitative estimate of drug-likeness (QED) is 0.797. The van der Waals surface area contributed by atoms with Gasteiger partial charge in [0.15, 0.2) is 0 Å². The number of hydrogen-bond donors (Lipinski definition) is 0. The average molecular weight is 301 g/mol. The van der Waals surface area contributed by atoms with E-state index in [9.17, 15) is 9.18 Å². The van der Waals surface area contributed by atoms with E-state index in [-0.39, 0.29) is 11.5 Å². The lowest BCUT2D eigenvalue weighted by atomic mass is 10.1. The van der Waals surface area contributed by atoms with Crippen LogP contribution in [0.3, 0.4) is 0 Å². The molecule has 0 spiro atoms. The number of ether oxygens (including phenoxy) is 1. The van der Waals surface area contributed by atoms with E-state index in [1.807, 2.05) is 30.3 Å². The zero-order valence-corrected chi connectivity index (χ0v) is 12.9. The van der Waals surface area contributed by atoms with Crippen molar-refractivity contribution in [2.45, 2.75) is 19.8 Å². The number of carbonyl (C=O) groups excluding carboxylic acids is 1. The Bertz CT molecular complexity index is 628. The van der Waals surface area contributed by atoms with E-state index in [1.165, 1.54) is 25.3 Å². The molecule has 0 radical (unpaired) electrons. The van der Waals surface area contributed by atoms with Gasteiger partial charge in [0, 0.05) is 12.2 Å². The molecule has 0 fully saturated rings. The van der Waals surface area contributed by atoms with Crippen LogP contribution in [0.5, 0.6) is 5.75 Å². The van der Waals surface area contributed by atoms with Crippen molar-refractivity contribution in [2.75, 3.05) is 18.6 Å². The highest BCUT2D eigenvalue weighted by Crippen LogP contribution is 2.24. The summed E-state index contributed by atoms with van der Waals surface area (Å²) in [6.45, 7) is 2.65. The van der Waals surface area contributed by atoms with Crippen molar-refractivity contribution in [3.8, 4) is 5.75 Å². The molecule has 0 aliphatic carbocycles. The van der Waals surface area contributed by atoms with Gasteiger partial charge in [0.1, 0.15) is 11.6 Å². The van der Waals surface area contributed by atoms with Gasteiger partial charge >= 0.3 is 0 Å². The number of amides is 1. The molecule has 0 bridgehead atoms. The highest BCUT2D eigenvalue weighted by molar-refractivity contribution is 6.07. The van der Waals surface area contributed by atoms with Gasteiger partial charge in [-0.3, -0.25) is 4.79 Å². The van der Waals surface area contributed by atoms with Crippen LogP contribution in [0.4, 0.5) is 10.1 Å². The number of anilines is 1. The number of rotatable bonds is 6. The molecule has 1 amide bonds. The van der Waals surface area contributed by atoms with Gasteiger partial charge in [0.2, 0.25) is 0 Å². The molecule has 22 heavy (non-hydrogen) atoms. The van der Waals surface area contributed by atoms with Gasteiger partial charge < -0.3 is 9.64 Å². The smallest absolute Gasteiger partial charge is 0.262 e. The van der Waals surface area contributed by atoms with Crippen LogP contribution in [0.1, 0.15) is 30.1 Å². The summed E-state index contributed by atoms with van der Waals surface area (Å²) in [5.41, 5.74) is 1.04. The summed E-state index contributed by atoms with van der Waals surface area (Å²) in [5.74, 6) is -0.326. The fourth-order valence-electron chi connectivity index (χ4n) is 2.26. The Morgan fingerprint density at radius 1 is 1.18 bits per heavy atom. The summed E-state index contributed by atoms with van der Waals surface area (Å²) < 4.78 is 18.7. The third-order valence-corrected chi connectivity index (χ3v) is 3.44. The van der Waals surface area contributed by atoms with Gasteiger partial charge in [-0.05, 0) is 36.8 Å². The molecule has 0 N–H and O–H groups in total. The number of para-hydroxylation sites is 1. The summed E-state index contributed by atoms with van der Waals surface area (Å²) in [7, 11) is 1.48. The Balaban J connectivity index is 2.39. The zero-order chi connectivity index (χ0) is 15.9. The molecular weight excluding hydrogens is 281 g/mol. The van der Waals surface area contributed by atoms with E-state index in [0.29, 0.717) is 12.3 Å². The van der Waals surface area contributed by atoms with Gasteiger partial charge in [0.05, 0.1) is 12.7 Å². The fraction of sp³-hybridized carbons (Fsp3) is 0.278. The Hall–Kier alpha value is -2.36. The first kappa shape index (κ1) is 16.0. The number of carbonyl (C=O) groups is 1. The first-order valence-corrected chi connectivity index (χ1v) is 7.37. The lowest BCUT2D eigenvalue weighted by molar-refractivity contribution is 0.0983. The predicted octanol–water partition coefficient (Wildman–Crippen LogP) is 4.28. The second kappa shape index (κ2) is 7.59. The Morgan fingerprint density at radius 2 is 1.91 bits per heavy atom. The van der Waals surface area contributed by atoms with E-state index in [4.69, 9.17) is 4.74 Å². The van der Waals surface area contributed by atoms with Crippen molar-refractivity contribution in [1.29, 1.82) is 0 Å². The number of hydrogen-bond acceptors (Lipinski definition) is 2. The standard InChI is InChI=1S/C18H20FNO2/c1-3-4-12-20(15-8-6-5-7-9-15)18(21)16-13-14(19)10-11-17(16)22-2/h5-11,13H,3-4,12H2,1-2H3. The average Bonchev–Trinajstić information content (AvgIpc) is 2.56. The van der Waals surface area contributed by atoms with Gasteiger partial charge in [-0.25, -0.2) is 4.39 Å². The molecular formula is C18H20FNO2. The van der Waals surface area contributed by atoms with Crippen molar-refractivity contribution >= 4 is 11.6 Å². The topological polar surface area (TPSA) is 29.5 Å². The molecule has 0 unspecified atom stereocenters. The molecule has 0 saturated heterocycles. The van der Waals surface area contributed by atoms with Gasteiger partial charge in [-0.2, -0.15) is 0 Å². The molecule has 0 aliphatic heterocycles. The molecule has 2 aromatic carbocycles. The van der Waals surface area contributed by atoms with E-state index in [1.54, 1.807) is 4.90 Å². The largest absolute Gasteiger partial charge is 0.496 e. The van der Waals surface area contributed by atoms with Crippen LogP contribution in [0.15, 0.2) is 48.5 Å². The van der Waals surface area contributed by atoms with Crippen LogP contribution in [-0.2, 0) is 0 Å². The third kappa shape index (κ3) is 3.64. The highest BCUT2D eigenvalue weighted by atomic mass is 19.1. The van der Waals surface area contributed by atoms with Crippen molar-refractivity contribution in [3.63, 3.8) is 0 Å². The fourth-order valence-corrected chi connectivity index (χ4v) is 2.26. The SMILES string of the molecule is CCCCN(C(=O)c1cc(F)ccc1OC)c1ccccc1. The molecule has 116 valence electrons. The Labute approximate surface area is 130 Å². The van der Waals surface area contributed by atoms with Crippen LogP contribution in [0.25, 0.3) is 0 Å². The maximum atomic E-state index is 13.5. The second-order valence-electron chi connectivity index (χ2n) is 4.99. The van der Waals surface area contributed by atoms with Gasteiger partial charge in [-0.15, -0.1) is 0 Å². The lowest BCUT2D eigenvalue weighted by Crippen LogP contribution is -2.32. The number of unbranched alkanes of at least 4 members (excludes halogenated alkanes) is 1. The lowest BCUT2D eigenvalue weighted by Gasteiger charge is -2.23. The van der Waals surface area contributed by atoms with Crippen molar-refractivity contribution in [1.82, 2.24) is 0 Å². The third-order valence-electron chi connectivity index (χ3n) is 3.44. The number of halogens is 1. The maximum absolute atomic E-state index is 13.5. The summed E-state index contributed by atoms with van der Waals surface area (Å²) in [6, 6.07) is 13.4. The second-order valence-corrected chi connectivity index (χ2v) is 4.99. The molecule has 0 aliphatic rings. The molecule has 4 heteroatoms. The van der Waals surface area contributed by atoms with Gasteiger partial charge in [-0.1, -0.05) is 31.5 Å².